The van der Waals surface area contributed by atoms with Gasteiger partial charge in [-0.25, -0.2) is 15.8 Å². The molecule has 1 aliphatic rings. The summed E-state index contributed by atoms with van der Waals surface area (Å²) in [6.45, 7) is 9.65. The van der Waals surface area contributed by atoms with Gasteiger partial charge in [-0.1, -0.05) is 13.8 Å². The van der Waals surface area contributed by atoms with Crippen molar-refractivity contribution in [1.82, 2.24) is 14.9 Å². The van der Waals surface area contributed by atoms with Crippen molar-refractivity contribution in [1.29, 1.82) is 0 Å². The lowest BCUT2D eigenvalue weighted by Gasteiger charge is -2.33. The Hall–Kier alpha value is -1.40. The number of hydrogen-bond donors (Lipinski definition) is 3. The van der Waals surface area contributed by atoms with Crippen LogP contribution in [0.25, 0.3) is 0 Å². The molecule has 112 valence electrons. The fraction of sp³-hybridized carbons (Fsp3) is 0.714. The second kappa shape index (κ2) is 6.85. The van der Waals surface area contributed by atoms with Crippen molar-refractivity contribution in [2.45, 2.75) is 46.1 Å². The van der Waals surface area contributed by atoms with Gasteiger partial charge in [0.15, 0.2) is 0 Å². The van der Waals surface area contributed by atoms with E-state index in [0.29, 0.717) is 11.9 Å². The van der Waals surface area contributed by atoms with Crippen LogP contribution in [0.4, 0.5) is 11.6 Å². The van der Waals surface area contributed by atoms with Gasteiger partial charge < -0.3 is 15.6 Å². The third-order valence-electron chi connectivity index (χ3n) is 3.94. The lowest BCUT2D eigenvalue weighted by molar-refractivity contribution is 0.226. The number of hydrazine groups is 1. The van der Waals surface area contributed by atoms with Gasteiger partial charge in [0.05, 0.1) is 0 Å². The van der Waals surface area contributed by atoms with E-state index in [1.165, 1.54) is 19.4 Å². The summed E-state index contributed by atoms with van der Waals surface area (Å²) < 4.78 is 0. The summed E-state index contributed by atoms with van der Waals surface area (Å²) in [5.41, 5.74) is 3.65. The zero-order chi connectivity index (χ0) is 14.5. The summed E-state index contributed by atoms with van der Waals surface area (Å²) in [6.07, 6.45) is 3.22. The van der Waals surface area contributed by atoms with E-state index in [4.69, 9.17) is 5.84 Å². The minimum absolute atomic E-state index is 0.452. The number of hydrogen-bond acceptors (Lipinski definition) is 6. The first-order chi connectivity index (χ1) is 9.67. The Morgan fingerprint density at radius 2 is 2.05 bits per heavy atom. The number of nitrogen functional groups attached to an aromatic ring is 1. The molecule has 1 saturated heterocycles. The maximum absolute atomic E-state index is 5.54. The molecule has 1 fully saturated rings. The molecule has 1 unspecified atom stereocenters. The number of aromatic nitrogens is 2. The van der Waals surface area contributed by atoms with Crippen LogP contribution >= 0.6 is 0 Å². The molecule has 2 heterocycles. The van der Waals surface area contributed by atoms with Crippen molar-refractivity contribution < 1.29 is 0 Å². The van der Waals surface area contributed by atoms with Gasteiger partial charge in [0.2, 0.25) is 0 Å². The molecule has 0 aromatic carbocycles. The number of rotatable bonds is 5. The zero-order valence-electron chi connectivity index (χ0n) is 12.7. The van der Waals surface area contributed by atoms with E-state index < -0.39 is 0 Å². The van der Waals surface area contributed by atoms with Crippen molar-refractivity contribution in [2.75, 3.05) is 30.4 Å². The van der Waals surface area contributed by atoms with Gasteiger partial charge in [-0.15, -0.1) is 0 Å². The van der Waals surface area contributed by atoms with E-state index in [1.54, 1.807) is 0 Å². The average molecular weight is 278 g/mol. The highest BCUT2D eigenvalue weighted by molar-refractivity contribution is 5.57. The number of nitrogens with zero attached hydrogens (tertiary/aromatic N) is 3. The fourth-order valence-corrected chi connectivity index (χ4v) is 2.66. The van der Waals surface area contributed by atoms with Crippen LogP contribution in [0.15, 0.2) is 0 Å². The standard InChI is InChI=1S/C14H26N6/c1-4-12-17-13(10(3)14(18-12)19-15)16-11-7-6-8-20(5-2)9-11/h11H,4-9,15H2,1-3H3,(H2,16,17,18,19). The normalized spacial score (nSPS) is 19.9. The quantitative estimate of drug-likeness (QED) is 0.560. The number of likely N-dealkylation sites (N-methyl/N-ethyl adjacent to an activating group) is 1. The molecule has 0 aliphatic carbocycles. The molecular weight excluding hydrogens is 252 g/mol. The lowest BCUT2D eigenvalue weighted by Crippen LogP contribution is -2.42. The summed E-state index contributed by atoms with van der Waals surface area (Å²) in [5.74, 6) is 7.98. The molecule has 0 radical (unpaired) electrons. The Bertz CT molecular complexity index is 448. The van der Waals surface area contributed by atoms with E-state index >= 15 is 0 Å². The first kappa shape index (κ1) is 15.0. The Balaban J connectivity index is 2.15. The highest BCUT2D eigenvalue weighted by Gasteiger charge is 2.20. The van der Waals surface area contributed by atoms with Gasteiger partial charge in [-0.3, -0.25) is 0 Å². The molecule has 2 rings (SSSR count). The number of likely N-dealkylation sites (tertiary alicyclic amines) is 1. The summed E-state index contributed by atoms with van der Waals surface area (Å²) in [5, 5.41) is 3.57. The zero-order valence-corrected chi connectivity index (χ0v) is 12.7. The Labute approximate surface area is 121 Å². The van der Waals surface area contributed by atoms with Gasteiger partial charge in [0, 0.05) is 24.6 Å². The molecule has 0 amide bonds. The second-order valence-electron chi connectivity index (χ2n) is 5.34. The minimum atomic E-state index is 0.452. The third kappa shape index (κ3) is 3.37. The SMILES string of the molecule is CCc1nc(NN)c(C)c(NC2CCCN(CC)C2)n1. The molecule has 0 bridgehead atoms. The number of nitrogens with one attached hydrogen (secondary N) is 2. The molecule has 6 nitrogen and oxygen atoms in total. The average Bonchev–Trinajstić information content (AvgIpc) is 2.49. The van der Waals surface area contributed by atoms with Gasteiger partial charge in [-0.2, -0.15) is 0 Å². The molecular formula is C14H26N6. The van der Waals surface area contributed by atoms with E-state index in [0.717, 1.165) is 36.7 Å². The van der Waals surface area contributed by atoms with Crippen LogP contribution in [0.1, 0.15) is 38.1 Å². The molecule has 20 heavy (non-hydrogen) atoms. The molecule has 1 aromatic heterocycles. The summed E-state index contributed by atoms with van der Waals surface area (Å²) in [4.78, 5) is 11.5. The molecule has 0 saturated carbocycles. The summed E-state index contributed by atoms with van der Waals surface area (Å²) in [7, 11) is 0. The molecule has 6 heteroatoms. The molecule has 1 aromatic rings. The molecule has 1 atom stereocenters. The van der Waals surface area contributed by atoms with Gasteiger partial charge in [-0.05, 0) is 32.9 Å². The van der Waals surface area contributed by atoms with Crippen LogP contribution in [-0.4, -0.2) is 40.5 Å². The Morgan fingerprint density at radius 1 is 1.30 bits per heavy atom. The monoisotopic (exact) mass is 278 g/mol. The van der Waals surface area contributed by atoms with Crippen LogP contribution in [0, 0.1) is 6.92 Å². The Morgan fingerprint density at radius 3 is 2.70 bits per heavy atom. The topological polar surface area (TPSA) is 79.1 Å². The van der Waals surface area contributed by atoms with Crippen molar-refractivity contribution in [3.63, 3.8) is 0 Å². The predicted molar refractivity (Wildman–Crippen MR) is 82.7 cm³/mol. The number of anilines is 2. The molecule has 4 N–H and O–H groups in total. The smallest absolute Gasteiger partial charge is 0.148 e. The largest absolute Gasteiger partial charge is 0.366 e. The number of piperidine rings is 1. The van der Waals surface area contributed by atoms with Crippen molar-refractivity contribution in [3.8, 4) is 0 Å². The van der Waals surface area contributed by atoms with E-state index in [9.17, 15) is 0 Å². The van der Waals surface area contributed by atoms with E-state index in [2.05, 4.69) is 32.5 Å². The third-order valence-corrected chi connectivity index (χ3v) is 3.94. The first-order valence-electron chi connectivity index (χ1n) is 7.50. The summed E-state index contributed by atoms with van der Waals surface area (Å²) >= 11 is 0. The van der Waals surface area contributed by atoms with Gasteiger partial charge in [0.25, 0.3) is 0 Å². The van der Waals surface area contributed by atoms with Gasteiger partial charge in [0.1, 0.15) is 17.5 Å². The second-order valence-corrected chi connectivity index (χ2v) is 5.34. The van der Waals surface area contributed by atoms with Crippen LogP contribution in [0.2, 0.25) is 0 Å². The van der Waals surface area contributed by atoms with Gasteiger partial charge >= 0.3 is 0 Å². The predicted octanol–water partition coefficient (Wildman–Crippen LogP) is 1.53. The van der Waals surface area contributed by atoms with Crippen LogP contribution in [0.5, 0.6) is 0 Å². The Kier molecular flexibility index (Phi) is 5.14. The molecule has 1 aliphatic heterocycles. The number of nitrogens with two attached hydrogens (primary N) is 1. The van der Waals surface area contributed by atoms with E-state index in [1.807, 2.05) is 13.8 Å². The minimum Gasteiger partial charge on any atom is -0.366 e. The van der Waals surface area contributed by atoms with E-state index in [-0.39, 0.29) is 0 Å². The van der Waals surface area contributed by atoms with Crippen molar-refractivity contribution in [2.24, 2.45) is 5.84 Å². The van der Waals surface area contributed by atoms with Crippen molar-refractivity contribution >= 4 is 11.6 Å². The van der Waals surface area contributed by atoms with Crippen molar-refractivity contribution in [3.05, 3.63) is 11.4 Å². The maximum atomic E-state index is 5.54. The van der Waals surface area contributed by atoms with Crippen LogP contribution in [0.3, 0.4) is 0 Å². The molecule has 0 spiro atoms. The van der Waals surface area contributed by atoms with Crippen LogP contribution in [-0.2, 0) is 6.42 Å². The highest BCUT2D eigenvalue weighted by atomic mass is 15.3. The number of aryl methyl sites for hydroxylation is 1. The fourth-order valence-electron chi connectivity index (χ4n) is 2.66. The summed E-state index contributed by atoms with van der Waals surface area (Å²) in [6, 6.07) is 0.452. The first-order valence-corrected chi connectivity index (χ1v) is 7.50. The lowest BCUT2D eigenvalue weighted by atomic mass is 10.1. The maximum Gasteiger partial charge on any atom is 0.148 e. The highest BCUT2D eigenvalue weighted by Crippen LogP contribution is 2.22. The van der Waals surface area contributed by atoms with Crippen LogP contribution < -0.4 is 16.6 Å².